The zero-order valence-corrected chi connectivity index (χ0v) is 11.3. The fourth-order valence-corrected chi connectivity index (χ4v) is 1.75. The molecular formula is C10H13Cl3N2O. The van der Waals surface area contributed by atoms with Gasteiger partial charge in [-0.25, -0.2) is 4.98 Å². The molecule has 0 saturated carbocycles. The van der Waals surface area contributed by atoms with Crippen LogP contribution >= 0.6 is 34.8 Å². The molecule has 0 radical (unpaired) electrons. The van der Waals surface area contributed by atoms with Crippen LogP contribution in [0.25, 0.3) is 0 Å². The van der Waals surface area contributed by atoms with Crippen LogP contribution in [0.4, 0.5) is 5.82 Å². The molecule has 90 valence electrons. The van der Waals surface area contributed by atoms with Crippen molar-refractivity contribution in [2.45, 2.75) is 19.4 Å². The first-order chi connectivity index (χ1) is 7.58. The Morgan fingerprint density at radius 1 is 1.38 bits per heavy atom. The van der Waals surface area contributed by atoms with Crippen molar-refractivity contribution in [3.63, 3.8) is 0 Å². The number of nitrogens with one attached hydrogen (secondary N) is 1. The molecule has 16 heavy (non-hydrogen) atoms. The van der Waals surface area contributed by atoms with E-state index in [9.17, 15) is 0 Å². The van der Waals surface area contributed by atoms with E-state index in [4.69, 9.17) is 39.5 Å². The summed E-state index contributed by atoms with van der Waals surface area (Å²) in [5.41, 5.74) is 0. The van der Waals surface area contributed by atoms with E-state index in [1.807, 2.05) is 6.92 Å². The minimum absolute atomic E-state index is 0.146. The van der Waals surface area contributed by atoms with Crippen molar-refractivity contribution in [3.8, 4) is 0 Å². The van der Waals surface area contributed by atoms with Crippen LogP contribution in [0.2, 0.25) is 15.2 Å². The Morgan fingerprint density at radius 2 is 2.06 bits per heavy atom. The monoisotopic (exact) mass is 282 g/mol. The summed E-state index contributed by atoms with van der Waals surface area (Å²) in [5.74, 6) is 0.528. The van der Waals surface area contributed by atoms with Gasteiger partial charge in [-0.15, -0.1) is 0 Å². The maximum Gasteiger partial charge on any atom is 0.150 e. The van der Waals surface area contributed by atoms with E-state index < -0.39 is 0 Å². The number of hydrogen-bond donors (Lipinski definition) is 1. The first-order valence-corrected chi connectivity index (χ1v) is 5.98. The van der Waals surface area contributed by atoms with Gasteiger partial charge in [0.25, 0.3) is 0 Å². The molecule has 6 heteroatoms. The number of methoxy groups -OCH3 is 1. The standard InChI is InChI=1S/C10H13Cl3N2O/c1-3-6(5-16-2)14-10-8(12)4-7(11)9(13)15-10/h4,6H,3,5H2,1-2H3,(H,14,15). The van der Waals surface area contributed by atoms with E-state index >= 15 is 0 Å². The molecular weight excluding hydrogens is 270 g/mol. The number of ether oxygens (including phenoxy) is 1. The van der Waals surface area contributed by atoms with Crippen molar-refractivity contribution >= 4 is 40.6 Å². The summed E-state index contributed by atoms with van der Waals surface area (Å²) in [6.07, 6.45) is 0.895. The number of hydrogen-bond acceptors (Lipinski definition) is 3. The van der Waals surface area contributed by atoms with Gasteiger partial charge in [0.05, 0.1) is 22.7 Å². The quantitative estimate of drug-likeness (QED) is 0.833. The molecule has 1 unspecified atom stereocenters. The zero-order chi connectivity index (χ0) is 12.1. The van der Waals surface area contributed by atoms with Gasteiger partial charge in [-0.1, -0.05) is 41.7 Å². The summed E-state index contributed by atoms with van der Waals surface area (Å²) in [5, 5.41) is 4.18. The fourth-order valence-electron chi connectivity index (χ4n) is 1.20. The summed E-state index contributed by atoms with van der Waals surface area (Å²) in [4.78, 5) is 4.08. The lowest BCUT2D eigenvalue weighted by molar-refractivity contribution is 0.184. The summed E-state index contributed by atoms with van der Waals surface area (Å²) in [7, 11) is 1.65. The predicted molar refractivity (Wildman–Crippen MR) is 68.8 cm³/mol. The highest BCUT2D eigenvalue weighted by Crippen LogP contribution is 2.29. The Bertz CT molecular complexity index is 360. The molecule has 1 heterocycles. The normalized spacial score (nSPS) is 12.6. The highest BCUT2D eigenvalue weighted by atomic mass is 35.5. The van der Waals surface area contributed by atoms with Gasteiger partial charge in [-0.3, -0.25) is 0 Å². The predicted octanol–water partition coefficient (Wildman–Crippen LogP) is 3.88. The van der Waals surface area contributed by atoms with Gasteiger partial charge >= 0.3 is 0 Å². The third-order valence-corrected chi connectivity index (χ3v) is 3.05. The van der Waals surface area contributed by atoms with Crippen LogP contribution in [0.5, 0.6) is 0 Å². The number of nitrogens with zero attached hydrogens (tertiary/aromatic N) is 1. The molecule has 0 aliphatic carbocycles. The smallest absolute Gasteiger partial charge is 0.150 e. The highest BCUT2D eigenvalue weighted by Gasteiger charge is 2.11. The molecule has 0 fully saturated rings. The molecule has 3 nitrogen and oxygen atoms in total. The number of anilines is 1. The summed E-state index contributed by atoms with van der Waals surface area (Å²) in [6, 6.07) is 1.72. The Balaban J connectivity index is 2.83. The molecule has 0 bridgehead atoms. The van der Waals surface area contributed by atoms with E-state index in [0.717, 1.165) is 6.42 Å². The van der Waals surface area contributed by atoms with Crippen molar-refractivity contribution in [2.24, 2.45) is 0 Å². The van der Waals surface area contributed by atoms with Crippen molar-refractivity contribution in [1.29, 1.82) is 0 Å². The van der Waals surface area contributed by atoms with E-state index in [-0.39, 0.29) is 11.2 Å². The fraction of sp³-hybridized carbons (Fsp3) is 0.500. The molecule has 0 aromatic carbocycles. The molecule has 0 aliphatic rings. The molecule has 0 amide bonds. The van der Waals surface area contributed by atoms with Gasteiger partial charge in [0.1, 0.15) is 11.0 Å². The van der Waals surface area contributed by atoms with Gasteiger partial charge in [-0.2, -0.15) is 0 Å². The molecule has 0 aliphatic heterocycles. The van der Waals surface area contributed by atoms with Gasteiger partial charge in [0.2, 0.25) is 0 Å². The maximum atomic E-state index is 5.99. The lowest BCUT2D eigenvalue weighted by atomic mass is 10.2. The lowest BCUT2D eigenvalue weighted by Gasteiger charge is -2.17. The van der Waals surface area contributed by atoms with Crippen LogP contribution in [0.15, 0.2) is 6.07 Å². The topological polar surface area (TPSA) is 34.1 Å². The van der Waals surface area contributed by atoms with Gasteiger partial charge in [0, 0.05) is 7.11 Å². The number of pyridine rings is 1. The first kappa shape index (κ1) is 13.8. The molecule has 0 saturated heterocycles. The molecule has 1 aromatic heterocycles. The highest BCUT2D eigenvalue weighted by molar-refractivity contribution is 6.42. The second kappa shape index (κ2) is 6.50. The minimum atomic E-state index is 0.146. The molecule has 0 spiro atoms. The van der Waals surface area contributed by atoms with Crippen LogP contribution in [-0.4, -0.2) is 24.7 Å². The average molecular weight is 284 g/mol. The van der Waals surface area contributed by atoms with E-state index in [0.29, 0.717) is 22.5 Å². The first-order valence-electron chi connectivity index (χ1n) is 4.85. The van der Waals surface area contributed by atoms with Crippen molar-refractivity contribution < 1.29 is 4.74 Å². The summed E-state index contributed by atoms with van der Waals surface area (Å²) >= 11 is 17.6. The number of aromatic nitrogens is 1. The Labute approximate surface area is 110 Å². The molecule has 1 aromatic rings. The van der Waals surface area contributed by atoms with Crippen LogP contribution < -0.4 is 5.32 Å². The maximum absolute atomic E-state index is 5.99. The number of rotatable bonds is 5. The molecule has 1 N–H and O–H groups in total. The van der Waals surface area contributed by atoms with E-state index in [2.05, 4.69) is 10.3 Å². The third-order valence-electron chi connectivity index (χ3n) is 2.09. The van der Waals surface area contributed by atoms with Crippen LogP contribution in [0, 0.1) is 0 Å². The number of halogens is 3. The lowest BCUT2D eigenvalue weighted by Crippen LogP contribution is -2.24. The summed E-state index contributed by atoms with van der Waals surface area (Å²) < 4.78 is 5.07. The van der Waals surface area contributed by atoms with Crippen molar-refractivity contribution in [3.05, 3.63) is 21.3 Å². The Kier molecular flexibility index (Phi) is 5.62. The van der Waals surface area contributed by atoms with Crippen molar-refractivity contribution in [2.75, 3.05) is 19.0 Å². The SMILES string of the molecule is CCC(COC)Nc1nc(Cl)c(Cl)cc1Cl. The van der Waals surface area contributed by atoms with Crippen molar-refractivity contribution in [1.82, 2.24) is 4.98 Å². The Morgan fingerprint density at radius 3 is 2.62 bits per heavy atom. The second-order valence-electron chi connectivity index (χ2n) is 3.30. The zero-order valence-electron chi connectivity index (χ0n) is 9.06. The van der Waals surface area contributed by atoms with Crippen LogP contribution in [0.1, 0.15) is 13.3 Å². The van der Waals surface area contributed by atoms with Gasteiger partial charge in [0.15, 0.2) is 0 Å². The third kappa shape index (κ3) is 3.67. The Hall–Kier alpha value is -0.220. The van der Waals surface area contributed by atoms with Gasteiger partial charge in [-0.05, 0) is 12.5 Å². The van der Waals surface area contributed by atoms with Crippen LogP contribution in [0.3, 0.4) is 0 Å². The molecule has 1 rings (SSSR count). The van der Waals surface area contributed by atoms with E-state index in [1.54, 1.807) is 13.2 Å². The minimum Gasteiger partial charge on any atom is -0.383 e. The van der Waals surface area contributed by atoms with Crippen LogP contribution in [-0.2, 0) is 4.74 Å². The second-order valence-corrected chi connectivity index (χ2v) is 4.47. The average Bonchev–Trinajstić information content (AvgIpc) is 2.25. The van der Waals surface area contributed by atoms with E-state index in [1.165, 1.54) is 0 Å². The summed E-state index contributed by atoms with van der Waals surface area (Å²) in [6.45, 7) is 2.62. The molecule has 1 atom stereocenters. The largest absolute Gasteiger partial charge is 0.383 e. The van der Waals surface area contributed by atoms with Gasteiger partial charge < -0.3 is 10.1 Å².